The summed E-state index contributed by atoms with van der Waals surface area (Å²) in [6.45, 7) is 1.79. The lowest BCUT2D eigenvalue weighted by Gasteiger charge is -2.27. The van der Waals surface area contributed by atoms with E-state index in [9.17, 15) is 8.78 Å². The molecule has 0 N–H and O–H groups in total. The topological polar surface area (TPSA) is 27.7 Å². The smallest absolute Gasteiger partial charge is 0.407 e. The Bertz CT molecular complexity index is 655. The molecule has 0 saturated carbocycles. The van der Waals surface area contributed by atoms with Crippen LogP contribution in [0.5, 0.6) is 0 Å². The molecule has 0 aliphatic carbocycles. The predicted octanol–water partition coefficient (Wildman–Crippen LogP) is 2.64. The second kappa shape index (κ2) is 7.21. The molecule has 1 saturated heterocycles. The van der Waals surface area contributed by atoms with Gasteiger partial charge >= 0.3 is 7.12 Å². The fraction of sp³-hybridized carbons (Fsp3) is 0.294. The van der Waals surface area contributed by atoms with Crippen molar-refractivity contribution in [2.45, 2.75) is 0 Å². The molecule has 1 fully saturated rings. The highest BCUT2D eigenvalue weighted by atomic mass is 19.2. The molecule has 2 aromatic rings. The fourth-order valence-corrected chi connectivity index (χ4v) is 2.58. The third-order valence-electron chi connectivity index (χ3n) is 3.80. The molecule has 0 unspecified atom stereocenters. The summed E-state index contributed by atoms with van der Waals surface area (Å²) in [5.74, 6) is -1.45. The number of rotatable bonds is 4. The maximum absolute atomic E-state index is 13.3. The van der Waals surface area contributed by atoms with Crippen LogP contribution in [0.25, 0.3) is 11.1 Å². The molecule has 120 valence electrons. The van der Waals surface area contributed by atoms with Crippen LogP contribution in [0.2, 0.25) is 0 Å². The van der Waals surface area contributed by atoms with Gasteiger partial charge in [0.15, 0.2) is 11.6 Å². The van der Waals surface area contributed by atoms with E-state index >= 15 is 0 Å². The Labute approximate surface area is 134 Å². The van der Waals surface area contributed by atoms with Crippen LogP contribution < -0.4 is 5.46 Å². The van der Waals surface area contributed by atoms with Gasteiger partial charge in [-0.05, 0) is 28.7 Å². The van der Waals surface area contributed by atoms with E-state index in [1.807, 2.05) is 24.3 Å². The summed E-state index contributed by atoms with van der Waals surface area (Å²) in [5.41, 5.74) is 2.33. The van der Waals surface area contributed by atoms with Gasteiger partial charge in [-0.3, -0.25) is 0 Å². The van der Waals surface area contributed by atoms with Crippen molar-refractivity contribution >= 4 is 12.6 Å². The van der Waals surface area contributed by atoms with Crippen LogP contribution >= 0.6 is 0 Å². The van der Waals surface area contributed by atoms with Crippen LogP contribution in [0.3, 0.4) is 0 Å². The van der Waals surface area contributed by atoms with Gasteiger partial charge in [-0.15, -0.1) is 0 Å². The molecule has 23 heavy (non-hydrogen) atoms. The summed E-state index contributed by atoms with van der Waals surface area (Å²) in [6, 6.07) is 11.3. The highest BCUT2D eigenvalue weighted by Gasteiger charge is 2.29. The second-order valence-corrected chi connectivity index (χ2v) is 5.57. The molecule has 0 spiro atoms. The average molecular weight is 318 g/mol. The Balaban J connectivity index is 1.69. The van der Waals surface area contributed by atoms with E-state index in [0.717, 1.165) is 17.1 Å². The molecule has 0 radical (unpaired) electrons. The van der Waals surface area contributed by atoms with Crippen LogP contribution in [-0.4, -0.2) is 34.0 Å². The molecule has 1 heterocycles. The van der Waals surface area contributed by atoms with Gasteiger partial charge in [0.1, 0.15) is 0 Å². The summed E-state index contributed by atoms with van der Waals surface area (Å²) in [7, 11) is 1.26. The Morgan fingerprint density at radius 1 is 1.00 bits per heavy atom. The van der Waals surface area contributed by atoms with Crippen molar-refractivity contribution in [3.05, 3.63) is 54.1 Å². The first-order valence-corrected chi connectivity index (χ1v) is 7.45. The molecule has 0 amide bonds. The van der Waals surface area contributed by atoms with E-state index in [1.165, 1.54) is 6.07 Å². The molecule has 0 atom stereocenters. The zero-order valence-corrected chi connectivity index (χ0v) is 12.8. The maximum atomic E-state index is 13.3. The van der Waals surface area contributed by atoms with E-state index < -0.39 is 18.8 Å². The van der Waals surface area contributed by atoms with Crippen molar-refractivity contribution in [1.29, 1.82) is 0 Å². The minimum Gasteiger partial charge on any atom is -0.407 e. The van der Waals surface area contributed by atoms with Gasteiger partial charge in [-0.2, -0.15) is 0 Å². The number of hydrogen-bond acceptors (Lipinski definition) is 3. The lowest BCUT2D eigenvalue weighted by Crippen LogP contribution is -2.45. The lowest BCUT2D eigenvalue weighted by molar-refractivity contribution is 0.0364. The molecule has 0 bridgehead atoms. The summed E-state index contributed by atoms with van der Waals surface area (Å²) in [6.07, 6.45) is 0. The van der Waals surface area contributed by atoms with E-state index in [1.54, 1.807) is 13.2 Å². The van der Waals surface area contributed by atoms with Crippen molar-refractivity contribution in [3.8, 4) is 11.1 Å². The Hall–Kier alpha value is -1.76. The molecule has 3 rings (SSSR count). The van der Waals surface area contributed by atoms with Gasteiger partial charge < -0.3 is 14.0 Å². The predicted molar refractivity (Wildman–Crippen MR) is 84.5 cm³/mol. The molecule has 1 aliphatic heterocycles. The lowest BCUT2D eigenvalue weighted by atomic mass is 9.77. The van der Waals surface area contributed by atoms with Crippen molar-refractivity contribution in [2.75, 3.05) is 26.9 Å². The minimum absolute atomic E-state index is 0.248. The highest BCUT2D eigenvalue weighted by molar-refractivity contribution is 6.61. The molecule has 3 nitrogen and oxygen atoms in total. The fourth-order valence-electron chi connectivity index (χ4n) is 2.58. The quantitative estimate of drug-likeness (QED) is 0.811. The highest BCUT2D eigenvalue weighted by Crippen LogP contribution is 2.21. The van der Waals surface area contributed by atoms with Crippen molar-refractivity contribution in [1.82, 2.24) is 0 Å². The molecule has 6 heteroatoms. The first kappa shape index (κ1) is 16.1. The molecule has 0 aromatic heterocycles. The van der Waals surface area contributed by atoms with E-state index in [-0.39, 0.29) is 5.92 Å². The normalized spacial score (nSPS) is 15.9. The number of hydrogen-bond donors (Lipinski definition) is 0. The molecular weight excluding hydrogens is 301 g/mol. The monoisotopic (exact) mass is 318 g/mol. The zero-order valence-electron chi connectivity index (χ0n) is 12.8. The van der Waals surface area contributed by atoms with E-state index in [2.05, 4.69) is 0 Å². The number of benzene rings is 2. The number of methoxy groups -OCH3 is 1. The second-order valence-electron chi connectivity index (χ2n) is 5.57. The van der Waals surface area contributed by atoms with Crippen LogP contribution in [-0.2, 0) is 14.0 Å². The van der Waals surface area contributed by atoms with Crippen molar-refractivity contribution in [3.63, 3.8) is 0 Å². The average Bonchev–Trinajstić information content (AvgIpc) is 2.59. The summed E-state index contributed by atoms with van der Waals surface area (Å²) < 4.78 is 42.8. The number of halogens is 2. The molecule has 1 aliphatic rings. The van der Waals surface area contributed by atoms with Gasteiger partial charge in [0.2, 0.25) is 0 Å². The van der Waals surface area contributed by atoms with Crippen LogP contribution in [0.15, 0.2) is 42.5 Å². The van der Waals surface area contributed by atoms with E-state index in [4.69, 9.17) is 14.0 Å². The largest absolute Gasteiger partial charge is 0.493 e. The van der Waals surface area contributed by atoms with Crippen molar-refractivity contribution < 1.29 is 22.8 Å². The number of ether oxygens (including phenoxy) is 1. The SMILES string of the molecule is COCC1COB(c2ccc(-c3ccc(F)c(F)c3)cc2)OC1. The Morgan fingerprint density at radius 2 is 1.65 bits per heavy atom. The summed E-state index contributed by atoms with van der Waals surface area (Å²) in [5, 5.41) is 0. The van der Waals surface area contributed by atoms with Crippen molar-refractivity contribution in [2.24, 2.45) is 5.92 Å². The van der Waals surface area contributed by atoms with Crippen LogP contribution in [0, 0.1) is 17.6 Å². The first-order valence-electron chi connectivity index (χ1n) is 7.45. The summed E-state index contributed by atoms with van der Waals surface area (Å²) in [4.78, 5) is 0. The zero-order chi connectivity index (χ0) is 16.2. The van der Waals surface area contributed by atoms with Gasteiger partial charge in [-0.1, -0.05) is 30.3 Å². The van der Waals surface area contributed by atoms with Gasteiger partial charge in [0.05, 0.1) is 6.61 Å². The van der Waals surface area contributed by atoms with Gasteiger partial charge in [0.25, 0.3) is 0 Å². The molecule has 2 aromatic carbocycles. The Kier molecular flexibility index (Phi) is 5.05. The van der Waals surface area contributed by atoms with Crippen LogP contribution in [0.1, 0.15) is 0 Å². The van der Waals surface area contributed by atoms with Gasteiger partial charge in [0, 0.05) is 26.2 Å². The minimum atomic E-state index is -0.852. The maximum Gasteiger partial charge on any atom is 0.493 e. The third kappa shape index (κ3) is 3.78. The Morgan fingerprint density at radius 3 is 2.26 bits per heavy atom. The standard InChI is InChI=1S/C17H17BF2O3/c1-21-9-12-10-22-18(23-11-12)15-5-2-13(3-6-15)14-4-7-16(19)17(20)8-14/h2-8,12H,9-11H2,1H3. The first-order chi connectivity index (χ1) is 11.2. The molecular formula is C17H17BF2O3. The van der Waals surface area contributed by atoms with E-state index in [0.29, 0.717) is 25.4 Å². The third-order valence-corrected chi connectivity index (χ3v) is 3.80. The van der Waals surface area contributed by atoms with Crippen LogP contribution in [0.4, 0.5) is 8.78 Å². The van der Waals surface area contributed by atoms with Gasteiger partial charge in [-0.25, -0.2) is 8.78 Å². The summed E-state index contributed by atoms with van der Waals surface area (Å²) >= 11 is 0.